The van der Waals surface area contributed by atoms with Crippen LogP contribution >= 0.6 is 0 Å². The maximum Gasteiger partial charge on any atom is 0.326 e. The fourth-order valence-corrected chi connectivity index (χ4v) is 2.91. The van der Waals surface area contributed by atoms with Crippen LogP contribution < -0.4 is 5.32 Å². The smallest absolute Gasteiger partial charge is 0.326 e. The van der Waals surface area contributed by atoms with E-state index in [1.807, 2.05) is 12.1 Å². The summed E-state index contributed by atoms with van der Waals surface area (Å²) in [5, 5.41) is 43.2. The molecule has 6 nitrogen and oxygen atoms in total. The first-order valence-corrected chi connectivity index (χ1v) is 8.45. The van der Waals surface area contributed by atoms with E-state index in [1.54, 1.807) is 48.5 Å². The maximum absolute atomic E-state index is 11.9. The fourth-order valence-electron chi connectivity index (χ4n) is 2.91. The lowest BCUT2D eigenvalue weighted by molar-refractivity contribution is -0.154. The molecular formula is C20H25NO5. The number of aliphatic hydroxyl groups is 3. The normalized spacial score (nSPS) is 17.1. The minimum absolute atomic E-state index is 0.113. The van der Waals surface area contributed by atoms with Crippen LogP contribution in [-0.2, 0) is 11.2 Å². The molecule has 2 aromatic rings. The van der Waals surface area contributed by atoms with Crippen molar-refractivity contribution in [3.8, 4) is 0 Å². The topological polar surface area (TPSA) is 110 Å². The van der Waals surface area contributed by atoms with E-state index in [0.29, 0.717) is 5.56 Å². The van der Waals surface area contributed by atoms with Gasteiger partial charge in [0.1, 0.15) is 11.6 Å². The van der Waals surface area contributed by atoms with Crippen molar-refractivity contribution in [1.29, 1.82) is 0 Å². The second kappa shape index (κ2) is 8.91. The van der Waals surface area contributed by atoms with E-state index in [9.17, 15) is 25.2 Å². The molecule has 0 fully saturated rings. The molecule has 5 N–H and O–H groups in total. The zero-order valence-corrected chi connectivity index (χ0v) is 14.6. The number of carboxylic acid groups (broad SMARTS) is 1. The van der Waals surface area contributed by atoms with E-state index in [1.165, 1.54) is 6.92 Å². The van der Waals surface area contributed by atoms with Gasteiger partial charge in [-0.25, -0.2) is 0 Å². The van der Waals surface area contributed by atoms with Gasteiger partial charge in [-0.1, -0.05) is 60.7 Å². The van der Waals surface area contributed by atoms with Gasteiger partial charge in [-0.3, -0.25) is 10.1 Å². The molecule has 0 amide bonds. The highest BCUT2D eigenvalue weighted by Crippen LogP contribution is 2.23. The number of benzene rings is 2. The van der Waals surface area contributed by atoms with E-state index < -0.39 is 29.8 Å². The molecule has 0 bridgehead atoms. The van der Waals surface area contributed by atoms with Gasteiger partial charge >= 0.3 is 5.97 Å². The molecule has 2 rings (SSSR count). The summed E-state index contributed by atoms with van der Waals surface area (Å²) in [5.74, 6) is -1.31. The van der Waals surface area contributed by atoms with Gasteiger partial charge in [0.25, 0.3) is 0 Å². The highest BCUT2D eigenvalue weighted by Gasteiger charge is 2.45. The lowest BCUT2D eigenvalue weighted by Crippen LogP contribution is -2.63. The lowest BCUT2D eigenvalue weighted by atomic mass is 9.86. The van der Waals surface area contributed by atoms with Crippen LogP contribution in [0.1, 0.15) is 24.1 Å². The van der Waals surface area contributed by atoms with Gasteiger partial charge in [0.2, 0.25) is 0 Å². The fraction of sp³-hybridized carbons (Fsp3) is 0.350. The first-order valence-electron chi connectivity index (χ1n) is 8.45. The number of carbonyl (C=O) groups is 1. The number of aliphatic carboxylic acids is 1. The van der Waals surface area contributed by atoms with Crippen molar-refractivity contribution < 1.29 is 25.2 Å². The number of aliphatic hydroxyl groups excluding tert-OH is 3. The molecule has 0 aliphatic rings. The average Bonchev–Trinajstić information content (AvgIpc) is 2.66. The van der Waals surface area contributed by atoms with Gasteiger partial charge in [0.05, 0.1) is 18.8 Å². The van der Waals surface area contributed by atoms with Crippen molar-refractivity contribution in [1.82, 2.24) is 5.32 Å². The highest BCUT2D eigenvalue weighted by molar-refractivity contribution is 5.79. The van der Waals surface area contributed by atoms with Crippen LogP contribution in [0.25, 0.3) is 0 Å². The first kappa shape index (κ1) is 20.1. The molecule has 0 heterocycles. The Morgan fingerprint density at radius 1 is 1.04 bits per heavy atom. The van der Waals surface area contributed by atoms with Gasteiger partial charge in [-0.05, 0) is 18.1 Å². The first-order chi connectivity index (χ1) is 12.4. The third kappa shape index (κ3) is 4.68. The average molecular weight is 359 g/mol. The lowest BCUT2D eigenvalue weighted by Gasteiger charge is -2.37. The van der Waals surface area contributed by atoms with E-state index in [0.717, 1.165) is 5.56 Å². The van der Waals surface area contributed by atoms with Gasteiger partial charge in [-0.15, -0.1) is 0 Å². The molecule has 0 saturated carbocycles. The molecule has 0 radical (unpaired) electrons. The number of rotatable bonds is 9. The predicted molar refractivity (Wildman–Crippen MR) is 97.6 cm³/mol. The minimum Gasteiger partial charge on any atom is -0.480 e. The minimum atomic E-state index is -1.85. The molecule has 2 unspecified atom stereocenters. The molecule has 0 saturated heterocycles. The molecule has 0 spiro atoms. The number of carboxylic acids is 1. The molecule has 2 aromatic carbocycles. The largest absolute Gasteiger partial charge is 0.480 e. The van der Waals surface area contributed by atoms with Crippen LogP contribution in [0.4, 0.5) is 0 Å². The Morgan fingerprint density at radius 2 is 1.58 bits per heavy atom. The van der Waals surface area contributed by atoms with Crippen LogP contribution in [0.15, 0.2) is 60.7 Å². The molecule has 140 valence electrons. The van der Waals surface area contributed by atoms with Gasteiger partial charge < -0.3 is 20.4 Å². The highest BCUT2D eigenvalue weighted by atomic mass is 16.4. The van der Waals surface area contributed by atoms with Gasteiger partial charge in [0.15, 0.2) is 0 Å². The number of nitrogens with one attached hydrogen (secondary N) is 1. The quantitative estimate of drug-likeness (QED) is 0.459. The second-order valence-electron chi connectivity index (χ2n) is 6.50. The van der Waals surface area contributed by atoms with Crippen LogP contribution in [0.2, 0.25) is 0 Å². The van der Waals surface area contributed by atoms with Crippen molar-refractivity contribution >= 4 is 5.97 Å². The van der Waals surface area contributed by atoms with Gasteiger partial charge in [-0.2, -0.15) is 0 Å². The molecule has 0 aliphatic carbocycles. The summed E-state index contributed by atoms with van der Waals surface area (Å²) < 4.78 is 0. The molecule has 4 atom stereocenters. The molecule has 6 heteroatoms. The maximum atomic E-state index is 11.9. The van der Waals surface area contributed by atoms with Gasteiger partial charge in [0, 0.05) is 6.42 Å². The SMILES string of the molecule is C[C@@](N[C@@H](CO)c1ccccc1)(C(=O)O)C(O)C(O)Cc1ccccc1. The molecule has 26 heavy (non-hydrogen) atoms. The number of hydrogen-bond donors (Lipinski definition) is 5. The van der Waals surface area contributed by atoms with Crippen LogP contribution in [0.5, 0.6) is 0 Å². The summed E-state index contributed by atoms with van der Waals surface area (Å²) in [5.41, 5.74) is -0.377. The van der Waals surface area contributed by atoms with E-state index in [-0.39, 0.29) is 13.0 Å². The summed E-state index contributed by atoms with van der Waals surface area (Å²) in [6.07, 6.45) is -2.76. The monoisotopic (exact) mass is 359 g/mol. The number of hydrogen-bond acceptors (Lipinski definition) is 5. The zero-order chi connectivity index (χ0) is 19.2. The third-order valence-corrected chi connectivity index (χ3v) is 4.55. The Balaban J connectivity index is 2.20. The van der Waals surface area contributed by atoms with E-state index in [2.05, 4.69) is 5.32 Å². The van der Waals surface area contributed by atoms with Crippen molar-refractivity contribution in [2.45, 2.75) is 37.1 Å². The Hall–Kier alpha value is -2.25. The van der Waals surface area contributed by atoms with E-state index in [4.69, 9.17) is 0 Å². The standard InChI is InChI=1S/C20H25NO5/c1-20(19(25)26,21-16(13-22)15-10-6-3-7-11-15)18(24)17(23)12-14-8-4-2-5-9-14/h2-11,16-18,21-24H,12-13H2,1H3,(H,25,26)/t16-,17?,18?,20-/m0/s1. The van der Waals surface area contributed by atoms with E-state index >= 15 is 0 Å². The van der Waals surface area contributed by atoms with Crippen molar-refractivity contribution in [3.05, 3.63) is 71.8 Å². The zero-order valence-electron chi connectivity index (χ0n) is 14.6. The Morgan fingerprint density at radius 3 is 2.08 bits per heavy atom. The summed E-state index contributed by atoms with van der Waals surface area (Å²) in [6, 6.07) is 17.2. The third-order valence-electron chi connectivity index (χ3n) is 4.55. The molecule has 0 aliphatic heterocycles. The van der Waals surface area contributed by atoms with Crippen molar-refractivity contribution in [3.63, 3.8) is 0 Å². The summed E-state index contributed by atoms with van der Waals surface area (Å²) in [6.45, 7) is 0.953. The van der Waals surface area contributed by atoms with Crippen molar-refractivity contribution in [2.24, 2.45) is 0 Å². The second-order valence-corrected chi connectivity index (χ2v) is 6.50. The summed E-state index contributed by atoms with van der Waals surface area (Å²) in [4.78, 5) is 11.9. The molecule has 0 aromatic heterocycles. The Labute approximate surface area is 152 Å². The van der Waals surface area contributed by atoms with Crippen LogP contribution in [0.3, 0.4) is 0 Å². The molecular weight excluding hydrogens is 334 g/mol. The summed E-state index contributed by atoms with van der Waals surface area (Å²) >= 11 is 0. The Bertz CT molecular complexity index is 694. The predicted octanol–water partition coefficient (Wildman–Crippen LogP) is 1.12. The van der Waals surface area contributed by atoms with Crippen LogP contribution in [0, 0.1) is 0 Å². The van der Waals surface area contributed by atoms with Crippen molar-refractivity contribution in [2.75, 3.05) is 6.61 Å². The summed E-state index contributed by atoms with van der Waals surface area (Å²) in [7, 11) is 0. The van der Waals surface area contributed by atoms with Crippen LogP contribution in [-0.4, -0.2) is 50.7 Å². The Kier molecular flexibility index (Phi) is 6.88.